The number of hydrogen-bond acceptors (Lipinski definition) is 7. The lowest BCUT2D eigenvalue weighted by atomic mass is 10.1. The summed E-state index contributed by atoms with van der Waals surface area (Å²) in [6.45, 7) is 11.0. The second kappa shape index (κ2) is 8.64. The van der Waals surface area contributed by atoms with Crippen molar-refractivity contribution in [1.29, 1.82) is 5.26 Å². The van der Waals surface area contributed by atoms with Crippen molar-refractivity contribution in [3.05, 3.63) is 52.9 Å². The van der Waals surface area contributed by atoms with Crippen LogP contribution in [0.5, 0.6) is 5.75 Å². The smallest absolute Gasteiger partial charge is 0.266 e. The Hall–Kier alpha value is -3.24. The van der Waals surface area contributed by atoms with Crippen LogP contribution in [0.4, 0.5) is 5.88 Å². The third kappa shape index (κ3) is 4.19. The van der Waals surface area contributed by atoms with Crippen LogP contribution in [0.15, 0.2) is 39.2 Å². The molecule has 3 aromatic rings. The van der Waals surface area contributed by atoms with Gasteiger partial charge in [-0.05, 0) is 49.7 Å². The Morgan fingerprint density at radius 3 is 2.63 bits per heavy atom. The lowest BCUT2D eigenvalue weighted by Gasteiger charge is -2.33. The summed E-state index contributed by atoms with van der Waals surface area (Å²) in [5, 5.41) is 9.51. The molecule has 3 heterocycles. The van der Waals surface area contributed by atoms with Gasteiger partial charge in [-0.25, -0.2) is 0 Å². The van der Waals surface area contributed by atoms with Crippen molar-refractivity contribution in [2.45, 2.75) is 27.4 Å². The highest BCUT2D eigenvalue weighted by Crippen LogP contribution is 2.30. The fourth-order valence-corrected chi connectivity index (χ4v) is 3.55. The molecule has 0 bridgehead atoms. The molecule has 30 heavy (non-hydrogen) atoms. The number of aromatic nitrogens is 1. The largest absolute Gasteiger partial charge is 0.485 e. The molecule has 4 rings (SSSR count). The lowest BCUT2D eigenvalue weighted by molar-refractivity contribution is 0.265. The number of aryl methyl sites for hydroxylation is 2. The number of rotatable bonds is 6. The molecule has 1 saturated heterocycles. The van der Waals surface area contributed by atoms with Crippen molar-refractivity contribution in [3.8, 4) is 23.5 Å². The maximum absolute atomic E-state index is 9.51. The van der Waals surface area contributed by atoms with E-state index in [1.807, 2.05) is 32.0 Å². The van der Waals surface area contributed by atoms with Gasteiger partial charge in [0.15, 0.2) is 5.76 Å². The van der Waals surface area contributed by atoms with Gasteiger partial charge in [0, 0.05) is 26.2 Å². The quantitative estimate of drug-likeness (QED) is 0.608. The van der Waals surface area contributed by atoms with E-state index in [4.69, 9.17) is 13.6 Å². The standard InChI is InChI=1S/C23H26N4O3/c1-4-26-9-11-27(12-10-26)23-19(14-24)25-22(30-23)20-8-7-18(29-20)15-28-21-13-16(2)5-6-17(21)3/h5-8,13H,4,9-12,15H2,1-3H3. The number of ether oxygens (including phenoxy) is 1. The number of benzene rings is 1. The predicted octanol–water partition coefficient (Wildman–Crippen LogP) is 4.14. The molecule has 0 radical (unpaired) electrons. The first-order valence-electron chi connectivity index (χ1n) is 10.2. The SMILES string of the molecule is CCN1CCN(c2oc(-c3ccc(COc4cc(C)ccc4C)o3)nc2C#N)CC1. The molecular formula is C23H26N4O3. The summed E-state index contributed by atoms with van der Waals surface area (Å²) in [4.78, 5) is 8.80. The van der Waals surface area contributed by atoms with Crippen LogP contribution >= 0.6 is 0 Å². The van der Waals surface area contributed by atoms with Gasteiger partial charge in [-0.2, -0.15) is 10.2 Å². The van der Waals surface area contributed by atoms with E-state index in [-0.39, 0.29) is 0 Å². The third-order valence-electron chi connectivity index (χ3n) is 5.41. The Labute approximate surface area is 176 Å². The first-order valence-corrected chi connectivity index (χ1v) is 10.2. The summed E-state index contributed by atoms with van der Waals surface area (Å²) < 4.78 is 17.7. The van der Waals surface area contributed by atoms with E-state index in [2.05, 4.69) is 33.8 Å². The van der Waals surface area contributed by atoms with Gasteiger partial charge < -0.3 is 23.4 Å². The number of piperazine rings is 1. The van der Waals surface area contributed by atoms with Crippen LogP contribution in [0.1, 0.15) is 29.5 Å². The molecule has 1 aromatic carbocycles. The Kier molecular flexibility index (Phi) is 5.77. The topological polar surface area (TPSA) is 78.7 Å². The fraction of sp³-hybridized carbons (Fsp3) is 0.391. The molecule has 0 spiro atoms. The molecule has 2 aromatic heterocycles. The van der Waals surface area contributed by atoms with Gasteiger partial charge in [-0.3, -0.25) is 0 Å². The minimum Gasteiger partial charge on any atom is -0.485 e. The second-order valence-corrected chi connectivity index (χ2v) is 7.53. The number of furan rings is 1. The monoisotopic (exact) mass is 406 g/mol. The Morgan fingerprint density at radius 2 is 1.90 bits per heavy atom. The number of nitriles is 1. The highest BCUT2D eigenvalue weighted by molar-refractivity contribution is 5.56. The van der Waals surface area contributed by atoms with E-state index in [1.54, 1.807) is 6.07 Å². The molecule has 156 valence electrons. The fourth-order valence-electron chi connectivity index (χ4n) is 3.55. The number of hydrogen-bond donors (Lipinski definition) is 0. The first-order chi connectivity index (χ1) is 14.6. The summed E-state index contributed by atoms with van der Waals surface area (Å²) in [5.74, 6) is 2.83. The molecule has 7 heteroatoms. The van der Waals surface area contributed by atoms with E-state index in [0.29, 0.717) is 35.6 Å². The Balaban J connectivity index is 1.47. The summed E-state index contributed by atoms with van der Waals surface area (Å²) in [6, 6.07) is 11.9. The number of nitrogens with zero attached hydrogens (tertiary/aromatic N) is 4. The van der Waals surface area contributed by atoms with Crippen LogP contribution in [0, 0.1) is 25.2 Å². The molecule has 0 amide bonds. The average molecular weight is 406 g/mol. The van der Waals surface area contributed by atoms with E-state index >= 15 is 0 Å². The molecule has 0 aliphatic carbocycles. The predicted molar refractivity (Wildman–Crippen MR) is 113 cm³/mol. The van der Waals surface area contributed by atoms with Crippen molar-refractivity contribution < 1.29 is 13.6 Å². The minimum absolute atomic E-state index is 0.291. The number of oxazole rings is 1. The average Bonchev–Trinajstić information content (AvgIpc) is 3.41. The number of anilines is 1. The van der Waals surface area contributed by atoms with E-state index in [9.17, 15) is 5.26 Å². The third-order valence-corrected chi connectivity index (χ3v) is 5.41. The highest BCUT2D eigenvalue weighted by atomic mass is 16.5. The molecule has 1 aliphatic rings. The van der Waals surface area contributed by atoms with Gasteiger partial charge in [0.1, 0.15) is 24.2 Å². The Bertz CT molecular complexity index is 1050. The summed E-state index contributed by atoms with van der Waals surface area (Å²) >= 11 is 0. The van der Waals surface area contributed by atoms with Crippen molar-refractivity contribution in [2.75, 3.05) is 37.6 Å². The highest BCUT2D eigenvalue weighted by Gasteiger charge is 2.25. The van der Waals surface area contributed by atoms with Crippen LogP contribution < -0.4 is 9.64 Å². The van der Waals surface area contributed by atoms with Crippen LogP contribution in [0.2, 0.25) is 0 Å². The second-order valence-electron chi connectivity index (χ2n) is 7.53. The molecule has 7 nitrogen and oxygen atoms in total. The normalized spacial score (nSPS) is 14.7. The Morgan fingerprint density at radius 1 is 1.10 bits per heavy atom. The van der Waals surface area contributed by atoms with Crippen LogP contribution in [0.25, 0.3) is 11.7 Å². The van der Waals surface area contributed by atoms with E-state index in [0.717, 1.165) is 49.6 Å². The molecule has 1 fully saturated rings. The lowest BCUT2D eigenvalue weighted by Crippen LogP contribution is -2.46. The maximum atomic E-state index is 9.51. The van der Waals surface area contributed by atoms with Crippen LogP contribution in [0.3, 0.4) is 0 Å². The van der Waals surface area contributed by atoms with Gasteiger partial charge >= 0.3 is 0 Å². The molecule has 0 unspecified atom stereocenters. The van der Waals surface area contributed by atoms with E-state index in [1.165, 1.54) is 0 Å². The van der Waals surface area contributed by atoms with Crippen molar-refractivity contribution >= 4 is 5.88 Å². The number of likely N-dealkylation sites (N-methyl/N-ethyl adjacent to an activating group) is 1. The summed E-state index contributed by atoms with van der Waals surface area (Å²) in [6.07, 6.45) is 0. The van der Waals surface area contributed by atoms with Crippen molar-refractivity contribution in [3.63, 3.8) is 0 Å². The van der Waals surface area contributed by atoms with Gasteiger partial charge in [0.25, 0.3) is 5.89 Å². The van der Waals surface area contributed by atoms with Crippen LogP contribution in [-0.4, -0.2) is 42.6 Å². The van der Waals surface area contributed by atoms with E-state index < -0.39 is 0 Å². The van der Waals surface area contributed by atoms with Gasteiger partial charge in [0.05, 0.1) is 0 Å². The minimum atomic E-state index is 0.291. The molecular weight excluding hydrogens is 380 g/mol. The molecule has 1 aliphatic heterocycles. The zero-order chi connectivity index (χ0) is 21.1. The van der Waals surface area contributed by atoms with Crippen molar-refractivity contribution in [1.82, 2.24) is 9.88 Å². The summed E-state index contributed by atoms with van der Waals surface area (Å²) in [5.41, 5.74) is 2.51. The van der Waals surface area contributed by atoms with Crippen molar-refractivity contribution in [2.24, 2.45) is 0 Å². The van der Waals surface area contributed by atoms with Gasteiger partial charge in [0.2, 0.25) is 11.6 Å². The first kappa shape index (κ1) is 20.0. The maximum Gasteiger partial charge on any atom is 0.266 e. The molecule has 0 atom stereocenters. The zero-order valence-electron chi connectivity index (χ0n) is 17.6. The van der Waals surface area contributed by atoms with Crippen LogP contribution in [-0.2, 0) is 6.61 Å². The molecule has 0 N–H and O–H groups in total. The van der Waals surface area contributed by atoms with Gasteiger partial charge in [-0.15, -0.1) is 0 Å². The zero-order valence-corrected chi connectivity index (χ0v) is 17.6. The molecule has 0 saturated carbocycles. The summed E-state index contributed by atoms with van der Waals surface area (Å²) in [7, 11) is 0. The van der Waals surface area contributed by atoms with Gasteiger partial charge in [-0.1, -0.05) is 19.1 Å².